The second kappa shape index (κ2) is 15.6. The average molecular weight is 618 g/mol. The molecule has 0 amide bonds. The molecule has 4 aromatic carbocycles. The fourth-order valence-electron chi connectivity index (χ4n) is 7.01. The quantitative estimate of drug-likeness (QED) is 0.145. The number of hydrogen-bond donors (Lipinski definition) is 0. The smallest absolute Gasteiger partial charge is 1.00 e. The van der Waals surface area contributed by atoms with E-state index in [-0.39, 0.29) is 64.4 Å². The molecule has 0 atom stereocenters. The first-order chi connectivity index (χ1) is 16.4. The Bertz CT molecular complexity index is 1070. The molecular weight excluding hydrogens is 579 g/mol. The summed E-state index contributed by atoms with van der Waals surface area (Å²) >= 11 is 0. The molecule has 0 saturated heterocycles. The molecule has 4 rings (SSSR count). The summed E-state index contributed by atoms with van der Waals surface area (Å²) in [7, 11) is -1.76. The van der Waals surface area contributed by atoms with E-state index in [4.69, 9.17) is 0 Å². The van der Waals surface area contributed by atoms with Gasteiger partial charge in [-0.1, -0.05) is 149 Å². The third-order valence-corrected chi connectivity index (χ3v) is 15.2. The molecule has 0 bridgehead atoms. The van der Waals surface area contributed by atoms with Gasteiger partial charge in [0.15, 0.2) is 0 Å². The third-order valence-electron chi connectivity index (χ3n) is 8.17. The van der Waals surface area contributed by atoms with E-state index in [0.29, 0.717) is 16.6 Å². The first kappa shape index (κ1) is 36.8. The molecule has 0 saturated carbocycles. The molecule has 200 valence electrons. The van der Waals surface area contributed by atoms with Crippen molar-refractivity contribution in [3.63, 3.8) is 0 Å². The Morgan fingerprint density at radius 2 is 0.816 bits per heavy atom. The molecule has 5 heteroatoms. The molecule has 0 aliphatic carbocycles. The van der Waals surface area contributed by atoms with E-state index in [2.05, 4.69) is 151 Å². The van der Waals surface area contributed by atoms with Crippen LogP contribution in [0.25, 0.3) is 0 Å². The summed E-state index contributed by atoms with van der Waals surface area (Å²) in [6.45, 7) is 14.7. The maximum Gasteiger partial charge on any atom is 4.00 e. The van der Waals surface area contributed by atoms with Crippen LogP contribution in [0.4, 0.5) is 0 Å². The number of benzene rings is 3. The van der Waals surface area contributed by atoms with Gasteiger partial charge >= 0.3 is 21.7 Å². The van der Waals surface area contributed by atoms with Gasteiger partial charge in [0, 0.05) is 13.5 Å². The van der Waals surface area contributed by atoms with Crippen LogP contribution in [0.2, 0.25) is 16.6 Å². The Balaban J connectivity index is 0.00000342. The Kier molecular flexibility index (Phi) is 15.1. The van der Waals surface area contributed by atoms with Crippen LogP contribution in [-0.4, -0.2) is 8.07 Å². The van der Waals surface area contributed by atoms with Crippen LogP contribution in [0.5, 0.6) is 0 Å². The molecule has 0 aliphatic rings. The minimum absolute atomic E-state index is 0. The number of halogens is 3. The summed E-state index contributed by atoms with van der Waals surface area (Å²) in [6.07, 6.45) is 0. The standard InChI is InChI=1S/C33H39Si.3ClH.Ti/c1-25(2)34(26(3)4,27(5)6)32-23-22-31(24-32)33(28-16-10-7-11-17-28,29-18-12-8-13-19-29)30-20-14-9-15-21-30;;;;/h7-27H,1-6H3;3*1H;/q-1;;;;+4/p-3. The predicted molar refractivity (Wildman–Crippen MR) is 151 cm³/mol. The van der Waals surface area contributed by atoms with E-state index >= 15 is 0 Å². The van der Waals surface area contributed by atoms with Gasteiger partial charge in [-0.15, -0.1) is 0 Å². The van der Waals surface area contributed by atoms with Crippen molar-refractivity contribution in [3.8, 4) is 0 Å². The van der Waals surface area contributed by atoms with Crippen LogP contribution >= 0.6 is 0 Å². The van der Waals surface area contributed by atoms with Gasteiger partial charge in [0.25, 0.3) is 0 Å². The predicted octanol–water partition coefficient (Wildman–Crippen LogP) is -0.316. The fraction of sp³-hybridized carbons (Fsp3) is 0.303. The van der Waals surface area contributed by atoms with Crippen molar-refractivity contribution in [2.45, 2.75) is 63.6 Å². The zero-order valence-electron chi connectivity index (χ0n) is 23.3. The van der Waals surface area contributed by atoms with Gasteiger partial charge in [0.05, 0.1) is 0 Å². The Morgan fingerprint density at radius 1 is 0.500 bits per heavy atom. The molecule has 0 aliphatic heterocycles. The van der Waals surface area contributed by atoms with Crippen LogP contribution in [-0.2, 0) is 27.1 Å². The maximum atomic E-state index is 2.58. The minimum Gasteiger partial charge on any atom is -1.00 e. The van der Waals surface area contributed by atoms with Crippen molar-refractivity contribution >= 4 is 13.3 Å². The van der Waals surface area contributed by atoms with Crippen LogP contribution in [0.15, 0.2) is 109 Å². The average Bonchev–Trinajstić information content (AvgIpc) is 3.32. The normalized spacial score (nSPS) is 11.3. The van der Waals surface area contributed by atoms with Crippen LogP contribution < -0.4 is 42.4 Å². The maximum absolute atomic E-state index is 2.58. The van der Waals surface area contributed by atoms with Gasteiger partial charge in [-0.05, 0) is 16.7 Å². The van der Waals surface area contributed by atoms with Gasteiger partial charge in [0.1, 0.15) is 0 Å². The van der Waals surface area contributed by atoms with E-state index in [9.17, 15) is 0 Å². The first-order valence-electron chi connectivity index (χ1n) is 12.8. The summed E-state index contributed by atoms with van der Waals surface area (Å²) in [5.74, 6) is 0. The van der Waals surface area contributed by atoms with Crippen molar-refractivity contribution in [2.75, 3.05) is 0 Å². The van der Waals surface area contributed by atoms with Gasteiger partial charge in [-0.25, -0.2) is 6.07 Å². The Labute approximate surface area is 265 Å². The van der Waals surface area contributed by atoms with Crippen molar-refractivity contribution in [3.05, 3.63) is 131 Å². The van der Waals surface area contributed by atoms with E-state index in [0.717, 1.165) is 0 Å². The molecule has 0 nitrogen and oxygen atoms in total. The molecule has 4 aromatic rings. The summed E-state index contributed by atoms with van der Waals surface area (Å²) in [5, 5.41) is 1.61. The van der Waals surface area contributed by atoms with Crippen molar-refractivity contribution in [1.82, 2.24) is 0 Å². The molecule has 38 heavy (non-hydrogen) atoms. The Morgan fingerprint density at radius 3 is 1.11 bits per heavy atom. The molecule has 0 fully saturated rings. The largest absolute Gasteiger partial charge is 4.00 e. The zero-order valence-corrected chi connectivity index (χ0v) is 28.1. The van der Waals surface area contributed by atoms with Gasteiger partial charge in [-0.2, -0.15) is 22.9 Å². The summed E-state index contributed by atoms with van der Waals surface area (Å²) in [4.78, 5) is 0. The van der Waals surface area contributed by atoms with Crippen molar-refractivity contribution in [1.29, 1.82) is 0 Å². The van der Waals surface area contributed by atoms with Crippen LogP contribution in [0.1, 0.15) is 63.8 Å². The fourth-order valence-corrected chi connectivity index (χ4v) is 13.8. The monoisotopic (exact) mass is 616 g/mol. The van der Waals surface area contributed by atoms with Gasteiger partial charge in [-0.3, -0.25) is 0 Å². The first-order valence-corrected chi connectivity index (χ1v) is 15.0. The molecule has 0 heterocycles. The topological polar surface area (TPSA) is 0 Å². The molecule has 0 aromatic heterocycles. The van der Waals surface area contributed by atoms with E-state index in [1.807, 2.05) is 0 Å². The van der Waals surface area contributed by atoms with E-state index < -0.39 is 8.07 Å². The molecular formula is C33H39Cl3SiTi. The summed E-state index contributed by atoms with van der Waals surface area (Å²) in [6, 6.07) is 40.7. The second-order valence-corrected chi connectivity index (χ2v) is 16.5. The van der Waals surface area contributed by atoms with Gasteiger partial charge in [0.2, 0.25) is 0 Å². The van der Waals surface area contributed by atoms with Crippen LogP contribution in [0, 0.1) is 0 Å². The van der Waals surface area contributed by atoms with Crippen molar-refractivity contribution < 1.29 is 58.9 Å². The minimum atomic E-state index is -1.76. The molecule has 0 spiro atoms. The van der Waals surface area contributed by atoms with E-state index in [1.165, 1.54) is 22.3 Å². The number of rotatable bonds is 8. The van der Waals surface area contributed by atoms with Gasteiger partial charge < -0.3 is 37.2 Å². The molecule has 0 radical (unpaired) electrons. The number of hydrogen-bond acceptors (Lipinski definition) is 0. The van der Waals surface area contributed by atoms with Crippen molar-refractivity contribution in [2.24, 2.45) is 0 Å². The molecule has 0 unspecified atom stereocenters. The second-order valence-electron chi connectivity index (χ2n) is 10.6. The Hall–Kier alpha value is -1.19. The SMILES string of the molecule is CC(C)[Si]([c-]1ccc(C(c2ccccc2)(c2ccccc2)c2ccccc2)c1)(C(C)C)C(C)C.[Cl-].[Cl-].[Cl-].[Ti+4]. The summed E-state index contributed by atoms with van der Waals surface area (Å²) in [5.41, 5.74) is 7.02. The zero-order chi connectivity index (χ0) is 24.3. The van der Waals surface area contributed by atoms with E-state index in [1.54, 1.807) is 5.19 Å². The van der Waals surface area contributed by atoms with Crippen LogP contribution in [0.3, 0.4) is 0 Å². The summed E-state index contributed by atoms with van der Waals surface area (Å²) < 4.78 is 0. The third kappa shape index (κ3) is 6.25. The molecule has 0 N–H and O–H groups in total.